The fourth-order valence-corrected chi connectivity index (χ4v) is 3.84. The third-order valence-corrected chi connectivity index (χ3v) is 5.67. The number of nitrogens with one attached hydrogen (secondary N) is 2. The predicted octanol–water partition coefficient (Wildman–Crippen LogP) is 3.32. The van der Waals surface area contributed by atoms with Gasteiger partial charge in [-0.25, -0.2) is 8.42 Å². The van der Waals surface area contributed by atoms with E-state index in [2.05, 4.69) is 10.0 Å². The summed E-state index contributed by atoms with van der Waals surface area (Å²) < 4.78 is 37.6. The van der Waals surface area contributed by atoms with Gasteiger partial charge in [-0.1, -0.05) is 23.2 Å². The maximum Gasteiger partial charge on any atom is 0.242 e. The number of hydrogen-bond acceptors (Lipinski definition) is 5. The molecule has 0 radical (unpaired) electrons. The van der Waals surface area contributed by atoms with Gasteiger partial charge in [-0.05, 0) is 37.3 Å². The molecule has 0 fully saturated rings. The molecule has 2 rings (SSSR count). The summed E-state index contributed by atoms with van der Waals surface area (Å²) in [5.74, 6) is 0.0633. The van der Waals surface area contributed by atoms with E-state index in [0.29, 0.717) is 16.5 Å². The highest BCUT2D eigenvalue weighted by atomic mass is 35.5. The van der Waals surface area contributed by atoms with Gasteiger partial charge in [0.1, 0.15) is 0 Å². The quantitative estimate of drug-likeness (QED) is 0.699. The number of benzene rings is 2. The summed E-state index contributed by atoms with van der Waals surface area (Å²) in [5, 5.41) is 3.21. The lowest BCUT2D eigenvalue weighted by atomic mass is 10.3. The van der Waals surface area contributed by atoms with E-state index in [1.165, 1.54) is 51.5 Å². The molecule has 0 saturated heterocycles. The Labute approximate surface area is 167 Å². The Kier molecular flexibility index (Phi) is 6.94. The first kappa shape index (κ1) is 21.3. The van der Waals surface area contributed by atoms with Crippen LogP contribution in [-0.4, -0.2) is 34.6 Å². The van der Waals surface area contributed by atoms with E-state index in [-0.39, 0.29) is 15.7 Å². The number of halogens is 2. The average Bonchev–Trinajstić information content (AvgIpc) is 2.62. The summed E-state index contributed by atoms with van der Waals surface area (Å²) in [6.45, 7) is 1.41. The fourth-order valence-electron chi connectivity index (χ4n) is 2.17. The minimum atomic E-state index is -3.97. The van der Waals surface area contributed by atoms with Gasteiger partial charge in [-0.3, -0.25) is 4.79 Å². The second kappa shape index (κ2) is 8.79. The molecule has 0 aromatic heterocycles. The summed E-state index contributed by atoms with van der Waals surface area (Å²) in [6, 6.07) is 7.61. The van der Waals surface area contributed by atoms with E-state index in [0.717, 1.165) is 0 Å². The number of methoxy groups -OCH3 is 2. The third-order valence-electron chi connectivity index (χ3n) is 3.58. The number of rotatable bonds is 7. The molecule has 0 aliphatic carbocycles. The van der Waals surface area contributed by atoms with Crippen LogP contribution in [0.5, 0.6) is 11.5 Å². The van der Waals surface area contributed by atoms with Crippen LogP contribution < -0.4 is 19.5 Å². The molecular formula is C17H18Cl2N2O5S. The molecule has 146 valence electrons. The second-order valence-electron chi connectivity index (χ2n) is 5.47. The summed E-state index contributed by atoms with van der Waals surface area (Å²) in [4.78, 5) is 12.2. The minimum Gasteiger partial charge on any atom is -0.493 e. The predicted molar refractivity (Wildman–Crippen MR) is 104 cm³/mol. The number of carbonyl (C=O) groups excluding carboxylic acids is 1. The first-order chi connectivity index (χ1) is 12.7. The summed E-state index contributed by atoms with van der Waals surface area (Å²) in [6.07, 6.45) is 0. The Morgan fingerprint density at radius 1 is 1.04 bits per heavy atom. The number of carbonyl (C=O) groups is 1. The Morgan fingerprint density at radius 3 is 2.30 bits per heavy atom. The Balaban J connectivity index is 2.15. The molecule has 1 amide bonds. The molecule has 10 heteroatoms. The minimum absolute atomic E-state index is 0.0654. The summed E-state index contributed by atoms with van der Waals surface area (Å²) in [7, 11) is -1.13. The van der Waals surface area contributed by atoms with Crippen molar-refractivity contribution in [3.63, 3.8) is 0 Å². The van der Waals surface area contributed by atoms with Crippen molar-refractivity contribution >= 4 is 44.8 Å². The lowest BCUT2D eigenvalue weighted by Gasteiger charge is -2.16. The fraction of sp³-hybridized carbons (Fsp3) is 0.235. The SMILES string of the molecule is COc1ccc(S(=O)(=O)NC(C)C(=O)Nc2ccc(Cl)cc2Cl)cc1OC. The van der Waals surface area contributed by atoms with Gasteiger partial charge in [-0.2, -0.15) is 4.72 Å². The molecule has 2 aromatic rings. The van der Waals surface area contributed by atoms with Gasteiger partial charge >= 0.3 is 0 Å². The van der Waals surface area contributed by atoms with Gasteiger partial charge in [0, 0.05) is 11.1 Å². The highest BCUT2D eigenvalue weighted by Crippen LogP contribution is 2.29. The van der Waals surface area contributed by atoms with Crippen LogP contribution in [0.25, 0.3) is 0 Å². The smallest absolute Gasteiger partial charge is 0.242 e. The van der Waals surface area contributed by atoms with Gasteiger partial charge in [-0.15, -0.1) is 0 Å². The third kappa shape index (κ3) is 5.26. The Bertz CT molecular complexity index is 950. The number of ether oxygens (including phenoxy) is 2. The molecule has 0 aliphatic rings. The zero-order valence-electron chi connectivity index (χ0n) is 14.7. The van der Waals surface area contributed by atoms with E-state index in [9.17, 15) is 13.2 Å². The molecule has 1 atom stereocenters. The Hall–Kier alpha value is -2.00. The Morgan fingerprint density at radius 2 is 1.70 bits per heavy atom. The maximum absolute atomic E-state index is 12.5. The van der Waals surface area contributed by atoms with E-state index in [1.54, 1.807) is 6.07 Å². The van der Waals surface area contributed by atoms with Crippen LogP contribution in [0.3, 0.4) is 0 Å². The number of hydrogen-bond donors (Lipinski definition) is 2. The second-order valence-corrected chi connectivity index (χ2v) is 8.03. The van der Waals surface area contributed by atoms with Crippen molar-refractivity contribution in [3.05, 3.63) is 46.4 Å². The molecule has 7 nitrogen and oxygen atoms in total. The topological polar surface area (TPSA) is 93.7 Å². The van der Waals surface area contributed by atoms with Crippen molar-refractivity contribution in [1.29, 1.82) is 0 Å². The van der Waals surface area contributed by atoms with Crippen LogP contribution >= 0.6 is 23.2 Å². The standard InChI is InChI=1S/C17H18Cl2N2O5S/c1-10(17(22)20-14-6-4-11(18)8-13(14)19)21-27(23,24)12-5-7-15(25-2)16(9-12)26-3/h4-10,21H,1-3H3,(H,20,22). The molecule has 0 spiro atoms. The van der Waals surface area contributed by atoms with Crippen molar-refractivity contribution in [2.24, 2.45) is 0 Å². The number of amides is 1. The molecule has 0 bridgehead atoms. The number of anilines is 1. The molecule has 1 unspecified atom stereocenters. The van der Waals surface area contributed by atoms with Crippen molar-refractivity contribution in [2.75, 3.05) is 19.5 Å². The first-order valence-corrected chi connectivity index (χ1v) is 9.92. The van der Waals surface area contributed by atoms with Crippen LogP contribution in [0, 0.1) is 0 Å². The zero-order chi connectivity index (χ0) is 20.2. The zero-order valence-corrected chi connectivity index (χ0v) is 17.1. The van der Waals surface area contributed by atoms with E-state index < -0.39 is 22.0 Å². The van der Waals surface area contributed by atoms with Crippen LogP contribution in [0.4, 0.5) is 5.69 Å². The first-order valence-electron chi connectivity index (χ1n) is 7.68. The normalized spacial score (nSPS) is 12.3. The highest BCUT2D eigenvalue weighted by Gasteiger charge is 2.24. The lowest BCUT2D eigenvalue weighted by molar-refractivity contribution is -0.117. The molecule has 27 heavy (non-hydrogen) atoms. The molecule has 2 N–H and O–H groups in total. The summed E-state index contributed by atoms with van der Waals surface area (Å²) in [5.41, 5.74) is 0.322. The largest absolute Gasteiger partial charge is 0.493 e. The van der Waals surface area contributed by atoms with Gasteiger partial charge in [0.15, 0.2) is 11.5 Å². The molecule has 0 saturated carbocycles. The van der Waals surface area contributed by atoms with E-state index >= 15 is 0 Å². The average molecular weight is 433 g/mol. The van der Waals surface area contributed by atoms with Crippen LogP contribution in [0.2, 0.25) is 10.0 Å². The maximum atomic E-state index is 12.5. The molecule has 0 heterocycles. The van der Waals surface area contributed by atoms with Gasteiger partial charge < -0.3 is 14.8 Å². The van der Waals surface area contributed by atoms with Gasteiger partial charge in [0.25, 0.3) is 0 Å². The van der Waals surface area contributed by atoms with E-state index in [1.807, 2.05) is 0 Å². The van der Waals surface area contributed by atoms with Crippen molar-refractivity contribution in [1.82, 2.24) is 4.72 Å². The molecule has 2 aromatic carbocycles. The van der Waals surface area contributed by atoms with Crippen molar-refractivity contribution in [3.8, 4) is 11.5 Å². The van der Waals surface area contributed by atoms with Crippen LogP contribution in [0.1, 0.15) is 6.92 Å². The molecular weight excluding hydrogens is 415 g/mol. The molecule has 0 aliphatic heterocycles. The van der Waals surface area contributed by atoms with Crippen molar-refractivity contribution in [2.45, 2.75) is 17.9 Å². The lowest BCUT2D eigenvalue weighted by Crippen LogP contribution is -2.41. The van der Waals surface area contributed by atoms with Gasteiger partial charge in [0.05, 0.1) is 35.9 Å². The highest BCUT2D eigenvalue weighted by molar-refractivity contribution is 7.89. The monoisotopic (exact) mass is 432 g/mol. The van der Waals surface area contributed by atoms with Gasteiger partial charge in [0.2, 0.25) is 15.9 Å². The van der Waals surface area contributed by atoms with E-state index in [4.69, 9.17) is 32.7 Å². The van der Waals surface area contributed by atoms with Crippen LogP contribution in [0.15, 0.2) is 41.3 Å². The number of sulfonamides is 1. The van der Waals surface area contributed by atoms with Crippen molar-refractivity contribution < 1.29 is 22.7 Å². The summed E-state index contributed by atoms with van der Waals surface area (Å²) >= 11 is 11.8. The van der Waals surface area contributed by atoms with Crippen LogP contribution in [-0.2, 0) is 14.8 Å².